The Morgan fingerprint density at radius 3 is 2.56 bits per heavy atom. The molecule has 1 aromatic carbocycles. The van der Waals surface area contributed by atoms with Gasteiger partial charge in [-0.2, -0.15) is 13.2 Å². The van der Waals surface area contributed by atoms with Crippen molar-refractivity contribution in [2.24, 2.45) is 5.92 Å². The van der Waals surface area contributed by atoms with Crippen molar-refractivity contribution in [3.05, 3.63) is 58.4 Å². The van der Waals surface area contributed by atoms with Gasteiger partial charge in [0.25, 0.3) is 0 Å². The monoisotopic (exact) mass is 369 g/mol. The van der Waals surface area contributed by atoms with Gasteiger partial charge in [0.1, 0.15) is 5.75 Å². The van der Waals surface area contributed by atoms with Crippen molar-refractivity contribution >= 4 is 17.4 Å². The minimum absolute atomic E-state index is 0.113. The number of fused-ring (bicyclic) bond motifs is 1. The quantitative estimate of drug-likeness (QED) is 0.754. The fourth-order valence-corrected chi connectivity index (χ4v) is 3.41. The van der Waals surface area contributed by atoms with Crippen LogP contribution in [0.25, 0.3) is 0 Å². The van der Waals surface area contributed by atoms with Crippen LogP contribution in [0.2, 0.25) is 5.02 Å². The minimum Gasteiger partial charge on any atom is -0.492 e. The number of para-hydroxylation sites is 1. The largest absolute Gasteiger partial charge is 0.492 e. The van der Waals surface area contributed by atoms with Gasteiger partial charge in [0.05, 0.1) is 34.4 Å². The third-order valence-corrected chi connectivity index (χ3v) is 4.81. The molecule has 0 N–H and O–H groups in total. The molecule has 2 aromatic rings. The highest BCUT2D eigenvalue weighted by atomic mass is 35.5. The van der Waals surface area contributed by atoms with Crippen LogP contribution < -0.4 is 4.74 Å². The fourth-order valence-electron chi connectivity index (χ4n) is 3.00. The number of carbonyl (C=O) groups is 1. The summed E-state index contributed by atoms with van der Waals surface area (Å²) in [5.41, 5.74) is -1.13. The molecule has 3 nitrogen and oxygen atoms in total. The summed E-state index contributed by atoms with van der Waals surface area (Å²) >= 11 is 6.07. The fraction of sp³-hybridized carbons (Fsp3) is 0.333. The number of ether oxygens (including phenoxy) is 1. The van der Waals surface area contributed by atoms with Crippen molar-refractivity contribution in [1.29, 1.82) is 0 Å². The normalized spacial score (nSPS) is 17.8. The molecule has 7 heteroatoms. The number of hydrogen-bond acceptors (Lipinski definition) is 3. The lowest BCUT2D eigenvalue weighted by Crippen LogP contribution is -2.42. The molecule has 132 valence electrons. The van der Waals surface area contributed by atoms with Gasteiger partial charge < -0.3 is 4.74 Å². The SMILES string of the molecule is CC(C)(c1ncc(C(F)(F)F)cc1Cl)C1COc2ccccc2C1=O. The van der Waals surface area contributed by atoms with E-state index >= 15 is 0 Å². The van der Waals surface area contributed by atoms with Crippen molar-refractivity contribution in [1.82, 2.24) is 4.98 Å². The van der Waals surface area contributed by atoms with Gasteiger partial charge in [0.15, 0.2) is 5.78 Å². The number of Topliss-reactive ketones (excluding diaryl/α,β-unsaturated/α-hetero) is 1. The molecule has 25 heavy (non-hydrogen) atoms. The van der Waals surface area contributed by atoms with Crippen LogP contribution in [-0.2, 0) is 11.6 Å². The second-order valence-electron chi connectivity index (χ2n) is 6.50. The predicted octanol–water partition coefficient (Wildman–Crippen LogP) is 4.92. The molecule has 2 heterocycles. The number of nitrogens with zero attached hydrogens (tertiary/aromatic N) is 1. The Morgan fingerprint density at radius 1 is 1.24 bits per heavy atom. The zero-order valence-corrected chi connectivity index (χ0v) is 14.3. The average Bonchev–Trinajstić information content (AvgIpc) is 2.54. The summed E-state index contributed by atoms with van der Waals surface area (Å²) in [5, 5.41) is -0.119. The van der Waals surface area contributed by atoms with Crippen molar-refractivity contribution in [3.8, 4) is 5.75 Å². The second kappa shape index (κ2) is 6.02. The molecule has 0 saturated carbocycles. The highest BCUT2D eigenvalue weighted by molar-refractivity contribution is 6.31. The van der Waals surface area contributed by atoms with Crippen LogP contribution in [0.4, 0.5) is 13.2 Å². The van der Waals surface area contributed by atoms with Gasteiger partial charge in [-0.05, 0) is 18.2 Å². The summed E-state index contributed by atoms with van der Waals surface area (Å²) in [5.74, 6) is -0.236. The van der Waals surface area contributed by atoms with E-state index in [1.807, 2.05) is 0 Å². The number of pyridine rings is 1. The lowest BCUT2D eigenvalue weighted by atomic mass is 9.72. The number of rotatable bonds is 2. The number of halogens is 4. The van der Waals surface area contributed by atoms with E-state index in [4.69, 9.17) is 16.3 Å². The molecule has 0 bridgehead atoms. The first kappa shape index (κ1) is 17.7. The number of aromatic nitrogens is 1. The van der Waals surface area contributed by atoms with E-state index in [0.29, 0.717) is 11.3 Å². The zero-order valence-electron chi connectivity index (χ0n) is 13.5. The van der Waals surface area contributed by atoms with Crippen molar-refractivity contribution < 1.29 is 22.7 Å². The van der Waals surface area contributed by atoms with Crippen LogP contribution in [0.3, 0.4) is 0 Å². The standard InChI is InChI=1S/C18H15ClF3NO2/c1-17(2,16-13(19)7-10(8-23-16)18(20,21)22)12-9-25-14-6-4-3-5-11(14)15(12)24/h3-8,12H,9H2,1-2H3. The van der Waals surface area contributed by atoms with Crippen LogP contribution in [0.15, 0.2) is 36.5 Å². The highest BCUT2D eigenvalue weighted by Gasteiger charge is 2.43. The van der Waals surface area contributed by atoms with Crippen molar-refractivity contribution in [3.63, 3.8) is 0 Å². The molecule has 1 aromatic heterocycles. The van der Waals surface area contributed by atoms with E-state index in [1.165, 1.54) is 0 Å². The Labute approximate surface area is 147 Å². The molecule has 1 atom stereocenters. The van der Waals surface area contributed by atoms with Crippen LogP contribution in [-0.4, -0.2) is 17.4 Å². The molecule has 0 amide bonds. The highest BCUT2D eigenvalue weighted by Crippen LogP contribution is 2.41. The topological polar surface area (TPSA) is 39.2 Å². The van der Waals surface area contributed by atoms with E-state index in [9.17, 15) is 18.0 Å². The maximum atomic E-state index is 12.8. The third kappa shape index (κ3) is 3.11. The van der Waals surface area contributed by atoms with E-state index in [1.54, 1.807) is 38.1 Å². The molecule has 3 rings (SSSR count). The minimum atomic E-state index is -4.53. The lowest BCUT2D eigenvalue weighted by Gasteiger charge is -2.36. The molecule has 0 saturated heterocycles. The average molecular weight is 370 g/mol. The van der Waals surface area contributed by atoms with Gasteiger partial charge in [-0.3, -0.25) is 9.78 Å². The summed E-state index contributed by atoms with van der Waals surface area (Å²) in [6, 6.07) is 7.72. The summed E-state index contributed by atoms with van der Waals surface area (Å²) in [6.07, 6.45) is -3.78. The Hall–Kier alpha value is -2.08. The zero-order chi connectivity index (χ0) is 18.4. The van der Waals surface area contributed by atoms with E-state index in [2.05, 4.69) is 4.98 Å². The second-order valence-corrected chi connectivity index (χ2v) is 6.91. The third-order valence-electron chi connectivity index (χ3n) is 4.52. The number of hydrogen-bond donors (Lipinski definition) is 0. The van der Waals surface area contributed by atoms with Gasteiger partial charge in [-0.25, -0.2) is 0 Å². The molecular formula is C18H15ClF3NO2. The molecule has 0 aliphatic carbocycles. The number of ketones is 1. The van der Waals surface area contributed by atoms with Crippen LogP contribution in [0, 0.1) is 5.92 Å². The number of alkyl halides is 3. The molecule has 1 unspecified atom stereocenters. The van der Waals surface area contributed by atoms with Crippen molar-refractivity contribution in [2.75, 3.05) is 6.61 Å². The van der Waals surface area contributed by atoms with E-state index < -0.39 is 23.1 Å². The van der Waals surface area contributed by atoms with Gasteiger partial charge in [-0.15, -0.1) is 0 Å². The molecule has 0 fully saturated rings. The summed E-state index contributed by atoms with van der Waals surface area (Å²) in [4.78, 5) is 16.8. The number of benzene rings is 1. The van der Waals surface area contributed by atoms with Crippen LogP contribution in [0.5, 0.6) is 5.75 Å². The first-order valence-electron chi connectivity index (χ1n) is 7.61. The maximum absolute atomic E-state index is 12.8. The summed E-state index contributed by atoms with van der Waals surface area (Å²) in [7, 11) is 0. The van der Waals surface area contributed by atoms with Crippen LogP contribution in [0.1, 0.15) is 35.5 Å². The molecule has 0 radical (unpaired) electrons. The van der Waals surface area contributed by atoms with Gasteiger partial charge in [-0.1, -0.05) is 37.6 Å². The van der Waals surface area contributed by atoms with Crippen LogP contribution >= 0.6 is 11.6 Å². The first-order chi connectivity index (χ1) is 11.6. The first-order valence-corrected chi connectivity index (χ1v) is 7.99. The summed E-state index contributed by atoms with van der Waals surface area (Å²) in [6.45, 7) is 3.57. The lowest BCUT2D eigenvalue weighted by molar-refractivity contribution is -0.137. The number of carbonyl (C=O) groups excluding carboxylic acids is 1. The van der Waals surface area contributed by atoms with E-state index in [-0.39, 0.29) is 23.1 Å². The Morgan fingerprint density at radius 2 is 1.92 bits per heavy atom. The van der Waals surface area contributed by atoms with Gasteiger partial charge in [0.2, 0.25) is 0 Å². The Bertz CT molecular complexity index is 833. The molecular weight excluding hydrogens is 355 g/mol. The van der Waals surface area contributed by atoms with Crippen molar-refractivity contribution in [2.45, 2.75) is 25.4 Å². The van der Waals surface area contributed by atoms with Gasteiger partial charge >= 0.3 is 6.18 Å². The molecule has 1 aliphatic rings. The van der Waals surface area contributed by atoms with E-state index in [0.717, 1.165) is 12.3 Å². The maximum Gasteiger partial charge on any atom is 0.417 e. The Kier molecular flexibility index (Phi) is 4.27. The summed E-state index contributed by atoms with van der Waals surface area (Å²) < 4.78 is 44.1. The van der Waals surface area contributed by atoms with Gasteiger partial charge in [0, 0.05) is 11.6 Å². The molecule has 0 spiro atoms. The predicted molar refractivity (Wildman–Crippen MR) is 87.0 cm³/mol. The Balaban J connectivity index is 1.99. The smallest absolute Gasteiger partial charge is 0.417 e. The molecule has 1 aliphatic heterocycles.